The van der Waals surface area contributed by atoms with E-state index in [1.165, 1.54) is 51.6 Å². The molecule has 29 heavy (non-hydrogen) atoms. The van der Waals surface area contributed by atoms with E-state index in [9.17, 15) is 0 Å². The summed E-state index contributed by atoms with van der Waals surface area (Å²) >= 11 is 0. The molecule has 0 atom stereocenters. The van der Waals surface area contributed by atoms with Crippen molar-refractivity contribution >= 4 is 16.7 Å². The minimum Gasteiger partial charge on any atom is -0.356 e. The number of nitrogens with zero attached hydrogens (tertiary/aromatic N) is 3. The number of fused-ring (bicyclic) bond motifs is 1. The number of anilines is 1. The Kier molecular flexibility index (Phi) is 5.33. The van der Waals surface area contributed by atoms with Gasteiger partial charge < -0.3 is 4.90 Å². The Labute approximate surface area is 175 Å². The zero-order valence-corrected chi connectivity index (χ0v) is 18.8. The van der Waals surface area contributed by atoms with E-state index in [2.05, 4.69) is 63.8 Å². The molecule has 1 heterocycles. The second-order valence-electron chi connectivity index (χ2n) is 8.97. The molecule has 4 rings (SSSR count). The standard InChI is InChI=1S/C26H33N3/c1-7-10-29(15-21-8-9-21)26-23-14-17(3)13-22(25(23)27-20(6)28-26)24-18(4)11-16(2)12-19(24)5/h11-14,21H,7-10,15H2,1-6H3. The quantitative estimate of drug-likeness (QED) is 0.486. The summed E-state index contributed by atoms with van der Waals surface area (Å²) in [5.74, 6) is 2.81. The molecule has 3 heteroatoms. The number of aryl methyl sites for hydroxylation is 5. The fraction of sp³-hybridized carbons (Fsp3) is 0.462. The largest absolute Gasteiger partial charge is 0.356 e. The van der Waals surface area contributed by atoms with Gasteiger partial charge in [0.25, 0.3) is 0 Å². The van der Waals surface area contributed by atoms with Crippen LogP contribution in [0.5, 0.6) is 0 Å². The highest BCUT2D eigenvalue weighted by atomic mass is 15.2. The van der Waals surface area contributed by atoms with Crippen LogP contribution in [0.3, 0.4) is 0 Å². The van der Waals surface area contributed by atoms with Crippen LogP contribution in [0.2, 0.25) is 0 Å². The van der Waals surface area contributed by atoms with Crippen LogP contribution in [0.1, 0.15) is 54.3 Å². The minimum atomic E-state index is 0.831. The molecule has 3 nitrogen and oxygen atoms in total. The Morgan fingerprint density at radius 3 is 2.17 bits per heavy atom. The Balaban J connectivity index is 1.97. The predicted molar refractivity (Wildman–Crippen MR) is 124 cm³/mol. The van der Waals surface area contributed by atoms with Gasteiger partial charge in [-0.15, -0.1) is 0 Å². The molecule has 1 fully saturated rings. The lowest BCUT2D eigenvalue weighted by Crippen LogP contribution is -2.28. The maximum absolute atomic E-state index is 4.96. The number of rotatable bonds is 6. The normalized spacial score (nSPS) is 13.9. The topological polar surface area (TPSA) is 29.0 Å². The van der Waals surface area contributed by atoms with Gasteiger partial charge >= 0.3 is 0 Å². The Morgan fingerprint density at radius 1 is 0.897 bits per heavy atom. The van der Waals surface area contributed by atoms with Gasteiger partial charge in [-0.25, -0.2) is 9.97 Å². The zero-order chi connectivity index (χ0) is 20.7. The monoisotopic (exact) mass is 387 g/mol. The summed E-state index contributed by atoms with van der Waals surface area (Å²) in [5, 5.41) is 1.19. The van der Waals surface area contributed by atoms with Crippen molar-refractivity contribution in [1.29, 1.82) is 0 Å². The van der Waals surface area contributed by atoms with E-state index in [4.69, 9.17) is 9.97 Å². The van der Waals surface area contributed by atoms with Gasteiger partial charge in [0.2, 0.25) is 0 Å². The first kappa shape index (κ1) is 19.9. The molecule has 0 unspecified atom stereocenters. The van der Waals surface area contributed by atoms with Crippen LogP contribution in [0.4, 0.5) is 5.82 Å². The first-order chi connectivity index (χ1) is 13.9. The van der Waals surface area contributed by atoms with E-state index in [1.807, 2.05) is 6.92 Å². The summed E-state index contributed by atoms with van der Waals surface area (Å²) in [4.78, 5) is 12.4. The van der Waals surface area contributed by atoms with Crippen LogP contribution in [-0.4, -0.2) is 23.1 Å². The minimum absolute atomic E-state index is 0.831. The van der Waals surface area contributed by atoms with Crippen LogP contribution in [0.25, 0.3) is 22.0 Å². The molecule has 1 aliphatic carbocycles. The molecule has 2 aromatic carbocycles. The molecule has 0 bridgehead atoms. The predicted octanol–water partition coefficient (Wildman–Crippen LogP) is 6.47. The van der Waals surface area contributed by atoms with Crippen molar-refractivity contribution in [3.8, 4) is 11.1 Å². The Morgan fingerprint density at radius 2 is 1.55 bits per heavy atom. The van der Waals surface area contributed by atoms with E-state index >= 15 is 0 Å². The number of aromatic nitrogens is 2. The summed E-state index contributed by atoms with van der Waals surface area (Å²) in [6.07, 6.45) is 3.84. The van der Waals surface area contributed by atoms with E-state index < -0.39 is 0 Å². The van der Waals surface area contributed by atoms with Gasteiger partial charge in [0.1, 0.15) is 11.6 Å². The summed E-state index contributed by atoms with van der Waals surface area (Å²) in [6.45, 7) is 15.2. The van der Waals surface area contributed by atoms with Crippen LogP contribution < -0.4 is 4.90 Å². The molecule has 1 aromatic heterocycles. The molecule has 0 N–H and O–H groups in total. The van der Waals surface area contributed by atoms with Crippen LogP contribution in [0.15, 0.2) is 24.3 Å². The average molecular weight is 388 g/mol. The zero-order valence-electron chi connectivity index (χ0n) is 18.8. The van der Waals surface area contributed by atoms with Crippen molar-refractivity contribution in [3.63, 3.8) is 0 Å². The first-order valence-electron chi connectivity index (χ1n) is 11.0. The number of hydrogen-bond acceptors (Lipinski definition) is 3. The van der Waals surface area contributed by atoms with Crippen molar-refractivity contribution in [1.82, 2.24) is 9.97 Å². The smallest absolute Gasteiger partial charge is 0.140 e. The van der Waals surface area contributed by atoms with Crippen LogP contribution in [0, 0.1) is 40.5 Å². The highest BCUT2D eigenvalue weighted by molar-refractivity contribution is 6.01. The highest BCUT2D eigenvalue weighted by Crippen LogP contribution is 2.38. The summed E-state index contributed by atoms with van der Waals surface area (Å²) < 4.78 is 0. The van der Waals surface area contributed by atoms with Crippen molar-refractivity contribution in [2.75, 3.05) is 18.0 Å². The molecular weight excluding hydrogens is 354 g/mol. The van der Waals surface area contributed by atoms with Crippen LogP contribution >= 0.6 is 0 Å². The third kappa shape index (κ3) is 4.01. The summed E-state index contributed by atoms with van der Waals surface area (Å²) in [7, 11) is 0. The average Bonchev–Trinajstić information content (AvgIpc) is 3.44. The van der Waals surface area contributed by atoms with Crippen molar-refractivity contribution in [3.05, 3.63) is 52.3 Å². The summed E-state index contributed by atoms with van der Waals surface area (Å²) in [5.41, 5.74) is 8.85. The van der Waals surface area contributed by atoms with Crippen molar-refractivity contribution in [2.45, 2.75) is 60.8 Å². The molecule has 0 amide bonds. The lowest BCUT2D eigenvalue weighted by Gasteiger charge is -2.26. The van der Waals surface area contributed by atoms with E-state index in [1.54, 1.807) is 0 Å². The van der Waals surface area contributed by atoms with Gasteiger partial charge in [-0.2, -0.15) is 0 Å². The third-order valence-electron chi connectivity index (χ3n) is 5.95. The van der Waals surface area contributed by atoms with E-state index in [0.29, 0.717) is 0 Å². The SMILES string of the molecule is CCCN(CC1CC1)c1nc(C)nc2c(-c3c(C)cc(C)cc3C)cc(C)cc12. The van der Waals surface area contributed by atoms with Gasteiger partial charge in [-0.05, 0) is 94.2 Å². The van der Waals surface area contributed by atoms with Gasteiger partial charge in [-0.3, -0.25) is 0 Å². The molecule has 0 aliphatic heterocycles. The van der Waals surface area contributed by atoms with Crippen LogP contribution in [-0.2, 0) is 0 Å². The molecule has 0 saturated heterocycles. The molecule has 3 aromatic rings. The molecular formula is C26H33N3. The lowest BCUT2D eigenvalue weighted by atomic mass is 9.91. The number of benzene rings is 2. The van der Waals surface area contributed by atoms with Gasteiger partial charge in [0.05, 0.1) is 5.52 Å². The second-order valence-corrected chi connectivity index (χ2v) is 8.97. The first-order valence-corrected chi connectivity index (χ1v) is 11.0. The lowest BCUT2D eigenvalue weighted by molar-refractivity contribution is 0.699. The van der Waals surface area contributed by atoms with Gasteiger partial charge in [0.15, 0.2) is 0 Å². The van der Waals surface area contributed by atoms with E-state index in [0.717, 1.165) is 42.6 Å². The molecule has 0 spiro atoms. The molecule has 0 radical (unpaired) electrons. The fourth-order valence-corrected chi connectivity index (χ4v) is 4.67. The highest BCUT2D eigenvalue weighted by Gasteiger charge is 2.26. The summed E-state index contributed by atoms with van der Waals surface area (Å²) in [6, 6.07) is 9.14. The Hall–Kier alpha value is -2.42. The molecule has 152 valence electrons. The third-order valence-corrected chi connectivity index (χ3v) is 5.95. The van der Waals surface area contributed by atoms with Gasteiger partial charge in [-0.1, -0.05) is 24.6 Å². The van der Waals surface area contributed by atoms with Gasteiger partial charge in [0, 0.05) is 24.0 Å². The number of hydrogen-bond donors (Lipinski definition) is 0. The van der Waals surface area contributed by atoms with E-state index in [-0.39, 0.29) is 0 Å². The Bertz CT molecular complexity index is 1040. The molecule has 1 aliphatic rings. The molecule has 1 saturated carbocycles. The second kappa shape index (κ2) is 7.78. The van der Waals surface area contributed by atoms with Crippen molar-refractivity contribution in [2.24, 2.45) is 5.92 Å². The fourth-order valence-electron chi connectivity index (χ4n) is 4.67. The maximum Gasteiger partial charge on any atom is 0.140 e. The van der Waals surface area contributed by atoms with Crippen molar-refractivity contribution < 1.29 is 0 Å². The maximum atomic E-state index is 4.96.